The Balaban J connectivity index is 1.55. The van der Waals surface area contributed by atoms with Gasteiger partial charge in [0.25, 0.3) is 5.71 Å². The van der Waals surface area contributed by atoms with E-state index in [1.807, 2.05) is 43.3 Å². The van der Waals surface area contributed by atoms with Crippen LogP contribution in [-0.4, -0.2) is 48.1 Å². The van der Waals surface area contributed by atoms with Crippen LogP contribution in [0.2, 0.25) is 0 Å². The number of likely N-dealkylation sites (tertiary alicyclic amines) is 1. The first-order chi connectivity index (χ1) is 15.1. The van der Waals surface area contributed by atoms with E-state index in [9.17, 15) is 18.0 Å². The van der Waals surface area contributed by atoms with Gasteiger partial charge in [-0.2, -0.15) is 13.2 Å². The van der Waals surface area contributed by atoms with Crippen LogP contribution in [0.1, 0.15) is 41.3 Å². The number of alkyl halides is 3. The molecule has 2 aromatic heterocycles. The normalized spacial score (nSPS) is 17.1. The molecule has 0 unspecified atom stereocenters. The first-order valence-electron chi connectivity index (χ1n) is 10.5. The fourth-order valence-electron chi connectivity index (χ4n) is 4.22. The van der Waals surface area contributed by atoms with E-state index in [0.717, 1.165) is 17.3 Å². The minimum atomic E-state index is -4.55. The van der Waals surface area contributed by atoms with Crippen molar-refractivity contribution in [3.8, 4) is 0 Å². The van der Waals surface area contributed by atoms with Crippen LogP contribution in [0.15, 0.2) is 34.9 Å². The Kier molecular flexibility index (Phi) is 5.83. The molecule has 6 nitrogen and oxygen atoms in total. The minimum absolute atomic E-state index is 0.0508. The van der Waals surface area contributed by atoms with Crippen LogP contribution >= 0.6 is 0 Å². The molecule has 9 heteroatoms. The van der Waals surface area contributed by atoms with Gasteiger partial charge in [0, 0.05) is 44.5 Å². The number of halogens is 3. The van der Waals surface area contributed by atoms with Gasteiger partial charge < -0.3 is 14.3 Å². The standard InChI is InChI=1S/C23H25F3N4O2/c1-14-11-18(23(24,25)26)20-21(28-32-22(20)27-14)16-5-4-10-30(13-16)19(31)12-15-6-8-17(9-7-15)29(2)3/h6-9,11,16H,4-5,10,12-13H2,1-3H3/t16-/m0/s1. The van der Waals surface area contributed by atoms with Gasteiger partial charge in [-0.25, -0.2) is 4.98 Å². The first-order valence-corrected chi connectivity index (χ1v) is 10.5. The van der Waals surface area contributed by atoms with E-state index in [0.29, 0.717) is 25.9 Å². The molecule has 1 aliphatic heterocycles. The summed E-state index contributed by atoms with van der Waals surface area (Å²) in [6, 6.07) is 8.77. The Labute approximate surface area is 184 Å². The van der Waals surface area contributed by atoms with E-state index in [4.69, 9.17) is 4.52 Å². The number of hydrogen-bond acceptors (Lipinski definition) is 5. The van der Waals surface area contributed by atoms with E-state index >= 15 is 0 Å². The molecule has 1 saturated heterocycles. The van der Waals surface area contributed by atoms with Crippen molar-refractivity contribution < 1.29 is 22.5 Å². The molecule has 0 saturated carbocycles. The number of amides is 1. The Bertz CT molecular complexity index is 1120. The maximum atomic E-state index is 13.7. The fourth-order valence-corrected chi connectivity index (χ4v) is 4.22. The zero-order valence-corrected chi connectivity index (χ0v) is 18.2. The highest BCUT2D eigenvalue weighted by Crippen LogP contribution is 2.40. The number of anilines is 1. The average molecular weight is 446 g/mol. The summed E-state index contributed by atoms with van der Waals surface area (Å²) in [7, 11) is 3.89. The molecule has 1 amide bonds. The molecule has 32 heavy (non-hydrogen) atoms. The molecule has 1 aromatic carbocycles. The van der Waals surface area contributed by atoms with Crippen LogP contribution in [0.3, 0.4) is 0 Å². The van der Waals surface area contributed by atoms with Crippen LogP contribution in [-0.2, 0) is 17.4 Å². The van der Waals surface area contributed by atoms with Gasteiger partial charge in [0.2, 0.25) is 5.91 Å². The molecule has 0 aliphatic carbocycles. The van der Waals surface area contributed by atoms with Crippen LogP contribution in [0.5, 0.6) is 0 Å². The second kappa shape index (κ2) is 8.44. The molecule has 0 radical (unpaired) electrons. The van der Waals surface area contributed by atoms with Gasteiger partial charge in [0.15, 0.2) is 0 Å². The number of carbonyl (C=O) groups is 1. The number of hydrogen-bond donors (Lipinski definition) is 0. The SMILES string of the molecule is Cc1cc(C(F)(F)F)c2c([C@H]3CCCN(C(=O)Cc4ccc(N(C)C)cc4)C3)noc2n1. The highest BCUT2D eigenvalue weighted by Gasteiger charge is 2.38. The number of carbonyl (C=O) groups excluding carboxylic acids is 1. The van der Waals surface area contributed by atoms with Crippen molar-refractivity contribution in [2.24, 2.45) is 0 Å². The number of aromatic nitrogens is 2. The molecule has 1 aliphatic rings. The van der Waals surface area contributed by atoms with E-state index in [-0.39, 0.29) is 40.7 Å². The highest BCUT2D eigenvalue weighted by atomic mass is 19.4. The van der Waals surface area contributed by atoms with Crippen LogP contribution < -0.4 is 4.90 Å². The fraction of sp³-hybridized carbons (Fsp3) is 0.435. The lowest BCUT2D eigenvalue weighted by molar-refractivity contribution is -0.136. The van der Waals surface area contributed by atoms with Crippen molar-refractivity contribution in [1.82, 2.24) is 15.0 Å². The van der Waals surface area contributed by atoms with Crippen molar-refractivity contribution in [2.45, 2.75) is 38.3 Å². The van der Waals surface area contributed by atoms with Crippen molar-refractivity contribution in [3.05, 3.63) is 52.8 Å². The quantitative estimate of drug-likeness (QED) is 0.588. The second-order valence-electron chi connectivity index (χ2n) is 8.47. The molecule has 0 bridgehead atoms. The van der Waals surface area contributed by atoms with Gasteiger partial charge in [0.05, 0.1) is 23.1 Å². The van der Waals surface area contributed by atoms with Crippen LogP contribution in [0, 0.1) is 6.92 Å². The lowest BCUT2D eigenvalue weighted by Gasteiger charge is -2.32. The molecule has 3 heterocycles. The Hall–Kier alpha value is -3.10. The zero-order chi connectivity index (χ0) is 23.0. The lowest BCUT2D eigenvalue weighted by atomic mass is 9.91. The summed E-state index contributed by atoms with van der Waals surface area (Å²) in [5, 5.41) is 3.86. The lowest BCUT2D eigenvalue weighted by Crippen LogP contribution is -2.40. The number of pyridine rings is 1. The third-order valence-electron chi connectivity index (χ3n) is 5.88. The molecule has 170 valence electrons. The first kappa shape index (κ1) is 22.1. The Morgan fingerprint density at radius 3 is 2.62 bits per heavy atom. The molecule has 3 aromatic rings. The van der Waals surface area contributed by atoms with Crippen LogP contribution in [0.4, 0.5) is 18.9 Å². The predicted molar refractivity (Wildman–Crippen MR) is 115 cm³/mol. The predicted octanol–water partition coefficient (Wildman–Crippen LogP) is 4.56. The molecule has 1 atom stereocenters. The van der Waals surface area contributed by atoms with E-state index in [1.165, 1.54) is 6.92 Å². The summed E-state index contributed by atoms with van der Waals surface area (Å²) in [4.78, 5) is 20.7. The number of benzene rings is 1. The highest BCUT2D eigenvalue weighted by molar-refractivity contribution is 5.82. The topological polar surface area (TPSA) is 62.5 Å². The number of fused-ring (bicyclic) bond motifs is 1. The van der Waals surface area contributed by atoms with E-state index in [2.05, 4.69) is 10.1 Å². The van der Waals surface area contributed by atoms with Crippen LogP contribution in [0.25, 0.3) is 11.1 Å². The zero-order valence-electron chi connectivity index (χ0n) is 18.2. The van der Waals surface area contributed by atoms with Gasteiger partial charge in [-0.1, -0.05) is 17.3 Å². The summed E-state index contributed by atoms with van der Waals surface area (Å²) in [5.74, 6) is -0.388. The van der Waals surface area contributed by atoms with Gasteiger partial charge in [-0.3, -0.25) is 4.79 Å². The summed E-state index contributed by atoms with van der Waals surface area (Å²) < 4.78 is 46.2. The van der Waals surface area contributed by atoms with E-state index in [1.54, 1.807) is 4.90 Å². The summed E-state index contributed by atoms with van der Waals surface area (Å²) in [6.45, 7) is 2.37. The molecule has 0 spiro atoms. The van der Waals surface area contributed by atoms with Gasteiger partial charge >= 0.3 is 6.18 Å². The number of piperidine rings is 1. The monoisotopic (exact) mass is 446 g/mol. The van der Waals surface area contributed by atoms with Crippen molar-refractivity contribution in [2.75, 3.05) is 32.1 Å². The molecular weight excluding hydrogens is 421 g/mol. The van der Waals surface area contributed by atoms with E-state index < -0.39 is 11.7 Å². The number of rotatable bonds is 4. The maximum absolute atomic E-state index is 13.7. The second-order valence-corrected chi connectivity index (χ2v) is 8.47. The van der Waals surface area contributed by atoms with Gasteiger partial charge in [-0.05, 0) is 43.5 Å². The van der Waals surface area contributed by atoms with Crippen molar-refractivity contribution in [1.29, 1.82) is 0 Å². The third-order valence-corrected chi connectivity index (χ3v) is 5.88. The Morgan fingerprint density at radius 1 is 1.25 bits per heavy atom. The Morgan fingerprint density at radius 2 is 1.97 bits per heavy atom. The molecule has 0 N–H and O–H groups in total. The molecule has 1 fully saturated rings. The number of aryl methyl sites for hydroxylation is 1. The maximum Gasteiger partial charge on any atom is 0.417 e. The average Bonchev–Trinajstić information content (AvgIpc) is 3.16. The minimum Gasteiger partial charge on any atom is -0.378 e. The third kappa shape index (κ3) is 4.42. The summed E-state index contributed by atoms with van der Waals surface area (Å²) in [5.41, 5.74) is 1.48. The van der Waals surface area contributed by atoms with Crippen molar-refractivity contribution in [3.63, 3.8) is 0 Å². The summed E-state index contributed by atoms with van der Waals surface area (Å²) >= 11 is 0. The van der Waals surface area contributed by atoms with Gasteiger partial charge in [-0.15, -0.1) is 0 Å². The van der Waals surface area contributed by atoms with Gasteiger partial charge in [0.1, 0.15) is 0 Å². The van der Waals surface area contributed by atoms with Crippen molar-refractivity contribution >= 4 is 22.7 Å². The summed E-state index contributed by atoms with van der Waals surface area (Å²) in [6.07, 6.45) is -2.98. The number of nitrogens with zero attached hydrogens (tertiary/aromatic N) is 4. The molecular formula is C23H25F3N4O2. The smallest absolute Gasteiger partial charge is 0.378 e. The molecule has 4 rings (SSSR count). The largest absolute Gasteiger partial charge is 0.417 e.